The average molecular weight is 456 g/mol. The van der Waals surface area contributed by atoms with E-state index in [1.165, 1.54) is 6.33 Å². The van der Waals surface area contributed by atoms with Gasteiger partial charge >= 0.3 is 6.18 Å². The van der Waals surface area contributed by atoms with Crippen molar-refractivity contribution in [2.75, 3.05) is 29.5 Å². The summed E-state index contributed by atoms with van der Waals surface area (Å²) in [6, 6.07) is 16.6. The first-order chi connectivity index (χ1) is 15.5. The molecule has 2 aromatic heterocycles. The number of benzene rings is 2. The van der Waals surface area contributed by atoms with Crippen LogP contribution in [0.15, 0.2) is 71.6 Å². The highest BCUT2D eigenvalue weighted by Crippen LogP contribution is 2.42. The Morgan fingerprint density at radius 1 is 0.906 bits per heavy atom. The molecule has 0 unspecified atom stereocenters. The largest absolute Gasteiger partial charge is 0.453 e. The van der Waals surface area contributed by atoms with Gasteiger partial charge in [0.25, 0.3) is 0 Å². The second-order valence-electron chi connectivity index (χ2n) is 7.38. The molecule has 5 rings (SSSR count). The molecule has 0 radical (unpaired) electrons. The molecular weight excluding hydrogens is 437 g/mol. The SMILES string of the molecule is FC(F)(F)c1onc(-c2ccccc2)c1-c1cn(-c2ccc(N3CCSCC3)cc2)cn1. The fraction of sp³-hybridized carbons (Fsp3) is 0.217. The first-order valence-electron chi connectivity index (χ1n) is 10.1. The second kappa shape index (κ2) is 8.38. The Labute approximate surface area is 186 Å². The van der Waals surface area contributed by atoms with Gasteiger partial charge in [0.1, 0.15) is 5.69 Å². The van der Waals surface area contributed by atoms with Crippen molar-refractivity contribution in [3.8, 4) is 28.2 Å². The molecule has 32 heavy (non-hydrogen) atoms. The van der Waals surface area contributed by atoms with E-state index in [9.17, 15) is 13.2 Å². The lowest BCUT2D eigenvalue weighted by Gasteiger charge is -2.28. The summed E-state index contributed by atoms with van der Waals surface area (Å²) in [6.07, 6.45) is -1.61. The fourth-order valence-corrected chi connectivity index (χ4v) is 4.67. The van der Waals surface area contributed by atoms with Crippen LogP contribution < -0.4 is 4.90 Å². The molecule has 9 heteroatoms. The minimum absolute atomic E-state index is 0.112. The maximum absolute atomic E-state index is 13.6. The Hall–Kier alpha value is -3.20. The van der Waals surface area contributed by atoms with Crippen molar-refractivity contribution < 1.29 is 17.7 Å². The summed E-state index contributed by atoms with van der Waals surface area (Å²) in [5.74, 6) is 1.06. The molecule has 0 amide bonds. The molecule has 0 bridgehead atoms. The maximum Gasteiger partial charge on any atom is 0.453 e. The molecule has 0 atom stereocenters. The van der Waals surface area contributed by atoms with Crippen molar-refractivity contribution in [2.24, 2.45) is 0 Å². The zero-order chi connectivity index (χ0) is 22.1. The Kier molecular flexibility index (Phi) is 5.42. The molecule has 164 valence electrons. The number of nitrogens with zero attached hydrogens (tertiary/aromatic N) is 4. The molecule has 0 N–H and O–H groups in total. The number of thioether (sulfide) groups is 1. The minimum Gasteiger partial charge on any atom is -0.370 e. The van der Waals surface area contributed by atoms with Crippen molar-refractivity contribution in [3.05, 3.63) is 72.9 Å². The zero-order valence-corrected chi connectivity index (χ0v) is 17.7. The predicted molar refractivity (Wildman–Crippen MR) is 119 cm³/mol. The third kappa shape index (κ3) is 4.00. The third-order valence-electron chi connectivity index (χ3n) is 5.36. The van der Waals surface area contributed by atoms with E-state index in [-0.39, 0.29) is 17.0 Å². The number of imidazole rings is 1. The predicted octanol–water partition coefficient (Wildman–Crippen LogP) is 5.77. The maximum atomic E-state index is 13.6. The zero-order valence-electron chi connectivity index (χ0n) is 16.9. The van der Waals surface area contributed by atoms with Gasteiger partial charge in [-0.1, -0.05) is 35.5 Å². The van der Waals surface area contributed by atoms with Crippen LogP contribution in [0, 0.1) is 0 Å². The van der Waals surface area contributed by atoms with Gasteiger partial charge < -0.3 is 14.0 Å². The Bertz CT molecular complexity index is 1200. The third-order valence-corrected chi connectivity index (χ3v) is 6.30. The van der Waals surface area contributed by atoms with E-state index in [0.29, 0.717) is 5.56 Å². The number of halogens is 3. The smallest absolute Gasteiger partial charge is 0.370 e. The molecule has 1 aliphatic rings. The van der Waals surface area contributed by atoms with Crippen LogP contribution in [-0.2, 0) is 6.18 Å². The highest BCUT2D eigenvalue weighted by molar-refractivity contribution is 7.99. The van der Waals surface area contributed by atoms with Crippen LogP contribution in [0.5, 0.6) is 0 Å². The molecule has 1 saturated heterocycles. The van der Waals surface area contributed by atoms with E-state index < -0.39 is 11.9 Å². The minimum atomic E-state index is -4.69. The summed E-state index contributed by atoms with van der Waals surface area (Å²) < 4.78 is 47.4. The quantitative estimate of drug-likeness (QED) is 0.390. The van der Waals surface area contributed by atoms with Crippen LogP contribution >= 0.6 is 11.8 Å². The Morgan fingerprint density at radius 2 is 1.59 bits per heavy atom. The normalized spacial score (nSPS) is 14.7. The van der Waals surface area contributed by atoms with Crippen LogP contribution in [0.2, 0.25) is 0 Å². The van der Waals surface area contributed by atoms with Crippen molar-refractivity contribution in [3.63, 3.8) is 0 Å². The molecule has 3 heterocycles. The van der Waals surface area contributed by atoms with Gasteiger partial charge in [0.2, 0.25) is 5.76 Å². The van der Waals surface area contributed by atoms with Gasteiger partial charge in [-0.25, -0.2) is 4.98 Å². The summed E-state index contributed by atoms with van der Waals surface area (Å²) in [4.78, 5) is 6.59. The van der Waals surface area contributed by atoms with Gasteiger partial charge in [0, 0.05) is 47.7 Å². The summed E-state index contributed by atoms with van der Waals surface area (Å²) in [7, 11) is 0. The van der Waals surface area contributed by atoms with Gasteiger partial charge in [-0.15, -0.1) is 0 Å². The molecule has 4 aromatic rings. The monoisotopic (exact) mass is 456 g/mol. The standard InChI is InChI=1S/C23H19F3N4OS/c24-23(25,26)22-20(21(28-31-22)16-4-2-1-3-5-16)19-14-30(15-27-19)18-8-6-17(7-9-18)29-10-12-32-13-11-29/h1-9,14-15H,10-13H2. The molecule has 2 aromatic carbocycles. The van der Waals surface area contributed by atoms with Gasteiger partial charge in [0.15, 0.2) is 0 Å². The first-order valence-corrected chi connectivity index (χ1v) is 11.3. The molecular formula is C23H19F3N4OS. The van der Waals surface area contributed by atoms with Gasteiger partial charge in [-0.3, -0.25) is 0 Å². The van der Waals surface area contributed by atoms with E-state index in [0.717, 1.165) is 36.0 Å². The van der Waals surface area contributed by atoms with Crippen LogP contribution in [0.4, 0.5) is 18.9 Å². The van der Waals surface area contributed by atoms with Crippen molar-refractivity contribution in [1.29, 1.82) is 0 Å². The highest BCUT2D eigenvalue weighted by Gasteiger charge is 2.41. The summed E-state index contributed by atoms with van der Waals surface area (Å²) in [5.41, 5.74) is 2.57. The summed E-state index contributed by atoms with van der Waals surface area (Å²) in [5, 5.41) is 3.72. The topological polar surface area (TPSA) is 47.1 Å². The number of rotatable bonds is 4. The van der Waals surface area contributed by atoms with Gasteiger partial charge in [-0.2, -0.15) is 24.9 Å². The lowest BCUT2D eigenvalue weighted by molar-refractivity contribution is -0.154. The van der Waals surface area contributed by atoms with Gasteiger partial charge in [-0.05, 0) is 24.3 Å². The van der Waals surface area contributed by atoms with E-state index in [1.807, 2.05) is 36.0 Å². The molecule has 5 nitrogen and oxygen atoms in total. The van der Waals surface area contributed by atoms with Crippen LogP contribution in [-0.4, -0.2) is 39.3 Å². The molecule has 0 spiro atoms. The number of alkyl halides is 3. The van der Waals surface area contributed by atoms with Crippen LogP contribution in [0.1, 0.15) is 5.76 Å². The molecule has 0 aliphatic carbocycles. The van der Waals surface area contributed by atoms with E-state index in [2.05, 4.69) is 15.0 Å². The lowest BCUT2D eigenvalue weighted by atomic mass is 10.0. The van der Waals surface area contributed by atoms with Crippen molar-refractivity contribution >= 4 is 17.4 Å². The summed E-state index contributed by atoms with van der Waals surface area (Å²) >= 11 is 1.95. The molecule has 0 saturated carbocycles. The van der Waals surface area contributed by atoms with E-state index in [1.54, 1.807) is 41.1 Å². The highest BCUT2D eigenvalue weighted by atomic mass is 32.2. The lowest BCUT2D eigenvalue weighted by Crippen LogP contribution is -2.32. The van der Waals surface area contributed by atoms with Crippen molar-refractivity contribution in [2.45, 2.75) is 6.18 Å². The Morgan fingerprint density at radius 3 is 2.28 bits per heavy atom. The number of anilines is 1. The molecule has 1 fully saturated rings. The Balaban J connectivity index is 1.50. The number of aromatic nitrogens is 3. The van der Waals surface area contributed by atoms with Crippen molar-refractivity contribution in [1.82, 2.24) is 14.7 Å². The molecule has 1 aliphatic heterocycles. The number of hydrogen-bond donors (Lipinski definition) is 0. The fourth-order valence-electron chi connectivity index (χ4n) is 3.76. The van der Waals surface area contributed by atoms with E-state index >= 15 is 0 Å². The average Bonchev–Trinajstić information content (AvgIpc) is 3.48. The van der Waals surface area contributed by atoms with Crippen LogP contribution in [0.25, 0.3) is 28.2 Å². The summed E-state index contributed by atoms with van der Waals surface area (Å²) in [6.45, 7) is 2.02. The van der Waals surface area contributed by atoms with Crippen LogP contribution in [0.3, 0.4) is 0 Å². The first kappa shape index (κ1) is 20.7. The second-order valence-corrected chi connectivity index (χ2v) is 8.61. The van der Waals surface area contributed by atoms with E-state index in [4.69, 9.17) is 4.52 Å². The number of hydrogen-bond acceptors (Lipinski definition) is 5. The van der Waals surface area contributed by atoms with Gasteiger partial charge in [0.05, 0.1) is 17.6 Å².